The van der Waals surface area contributed by atoms with Crippen molar-refractivity contribution >= 4 is 12.0 Å². The van der Waals surface area contributed by atoms with Gasteiger partial charge in [0.2, 0.25) is 0 Å². The van der Waals surface area contributed by atoms with Crippen LogP contribution in [0.1, 0.15) is 33.1 Å². The molecular weight excluding hydrogens is 208 g/mol. The number of nitrogens with one attached hydrogen (secondary N) is 1. The van der Waals surface area contributed by atoms with Gasteiger partial charge in [0.25, 0.3) is 0 Å². The Morgan fingerprint density at radius 2 is 2.19 bits per heavy atom. The Bertz CT molecular complexity index is 268. The van der Waals surface area contributed by atoms with Crippen LogP contribution >= 0.6 is 0 Å². The van der Waals surface area contributed by atoms with Gasteiger partial charge in [0.1, 0.15) is 6.04 Å². The number of hydrogen-bond acceptors (Lipinski definition) is 2. The Balaban J connectivity index is 2.51. The molecule has 2 N–H and O–H groups in total. The maximum Gasteiger partial charge on any atom is 0.326 e. The first kappa shape index (κ1) is 12.8. The summed E-state index contributed by atoms with van der Waals surface area (Å²) in [6.07, 6.45) is 2.70. The number of rotatable bonds is 4. The normalized spacial score (nSPS) is 24.5. The largest absolute Gasteiger partial charge is 0.480 e. The second-order valence-corrected chi connectivity index (χ2v) is 4.33. The summed E-state index contributed by atoms with van der Waals surface area (Å²) < 4.78 is 0. The molecule has 1 saturated heterocycles. The number of hydrogen-bond donors (Lipinski definition) is 2. The van der Waals surface area contributed by atoms with Crippen LogP contribution < -0.4 is 5.32 Å². The number of nitrogens with zero attached hydrogens (tertiary/aromatic N) is 1. The highest BCUT2D eigenvalue weighted by Gasteiger charge is 2.39. The van der Waals surface area contributed by atoms with Gasteiger partial charge in [-0.1, -0.05) is 20.3 Å². The Morgan fingerprint density at radius 3 is 2.75 bits per heavy atom. The van der Waals surface area contributed by atoms with Gasteiger partial charge in [0.05, 0.1) is 0 Å². The van der Waals surface area contributed by atoms with E-state index >= 15 is 0 Å². The standard InChI is InChI=1S/C11H20N2O3/c1-3-4-6-12-11(16)13-7-5-8(2)9(13)10(14)15/h8-9H,3-7H2,1-2H3,(H,12,16)(H,14,15). The molecule has 0 saturated carbocycles. The summed E-state index contributed by atoms with van der Waals surface area (Å²) in [7, 11) is 0. The van der Waals surface area contributed by atoms with Crippen molar-refractivity contribution in [2.24, 2.45) is 5.92 Å². The number of urea groups is 1. The number of aliphatic carboxylic acids is 1. The van der Waals surface area contributed by atoms with Gasteiger partial charge >= 0.3 is 12.0 Å². The molecule has 0 aliphatic carbocycles. The van der Waals surface area contributed by atoms with Gasteiger partial charge in [-0.05, 0) is 18.8 Å². The molecule has 1 rings (SSSR count). The van der Waals surface area contributed by atoms with E-state index in [4.69, 9.17) is 5.11 Å². The Labute approximate surface area is 95.8 Å². The zero-order chi connectivity index (χ0) is 12.1. The average molecular weight is 228 g/mol. The van der Waals surface area contributed by atoms with E-state index in [0.717, 1.165) is 19.3 Å². The summed E-state index contributed by atoms with van der Waals surface area (Å²) in [6, 6.07) is -0.910. The SMILES string of the molecule is CCCCNC(=O)N1CCC(C)C1C(=O)O. The molecule has 0 aromatic carbocycles. The van der Waals surface area contributed by atoms with Crippen LogP contribution in [0.2, 0.25) is 0 Å². The van der Waals surface area contributed by atoms with Crippen LogP contribution in [0.4, 0.5) is 4.79 Å². The second kappa shape index (κ2) is 5.72. The number of carbonyl (C=O) groups excluding carboxylic acids is 1. The predicted molar refractivity (Wildman–Crippen MR) is 60.2 cm³/mol. The van der Waals surface area contributed by atoms with Gasteiger partial charge in [-0.25, -0.2) is 9.59 Å². The molecular formula is C11H20N2O3. The molecule has 0 radical (unpaired) electrons. The minimum atomic E-state index is -0.907. The van der Waals surface area contributed by atoms with Gasteiger partial charge in [-0.3, -0.25) is 0 Å². The first-order valence-electron chi connectivity index (χ1n) is 5.85. The first-order chi connectivity index (χ1) is 7.57. The third kappa shape index (κ3) is 2.87. The van der Waals surface area contributed by atoms with Crippen LogP contribution in [0, 0.1) is 5.92 Å². The lowest BCUT2D eigenvalue weighted by Crippen LogP contribution is -2.47. The van der Waals surface area contributed by atoms with Gasteiger partial charge in [0, 0.05) is 13.1 Å². The van der Waals surface area contributed by atoms with Gasteiger partial charge in [-0.15, -0.1) is 0 Å². The van der Waals surface area contributed by atoms with E-state index in [2.05, 4.69) is 5.32 Å². The Kier molecular flexibility index (Phi) is 4.58. The summed E-state index contributed by atoms with van der Waals surface area (Å²) >= 11 is 0. The molecule has 16 heavy (non-hydrogen) atoms. The van der Waals surface area contributed by atoms with Crippen LogP contribution in [-0.4, -0.2) is 41.1 Å². The van der Waals surface area contributed by atoms with Crippen molar-refractivity contribution in [2.75, 3.05) is 13.1 Å². The highest BCUT2D eigenvalue weighted by atomic mass is 16.4. The molecule has 0 spiro atoms. The van der Waals surface area contributed by atoms with E-state index in [-0.39, 0.29) is 11.9 Å². The number of likely N-dealkylation sites (tertiary alicyclic amines) is 1. The highest BCUT2D eigenvalue weighted by Crippen LogP contribution is 2.23. The van der Waals surface area contributed by atoms with Gasteiger partial charge in [-0.2, -0.15) is 0 Å². The van der Waals surface area contributed by atoms with Crippen LogP contribution in [0.25, 0.3) is 0 Å². The van der Waals surface area contributed by atoms with E-state index in [1.807, 2.05) is 13.8 Å². The molecule has 1 aliphatic rings. The Hall–Kier alpha value is -1.26. The third-order valence-electron chi connectivity index (χ3n) is 3.02. The third-order valence-corrected chi connectivity index (χ3v) is 3.02. The monoisotopic (exact) mass is 228 g/mol. The fraction of sp³-hybridized carbons (Fsp3) is 0.818. The minimum Gasteiger partial charge on any atom is -0.480 e. The van der Waals surface area contributed by atoms with Gasteiger partial charge < -0.3 is 15.3 Å². The molecule has 5 nitrogen and oxygen atoms in total. The fourth-order valence-corrected chi connectivity index (χ4v) is 2.03. The first-order valence-corrected chi connectivity index (χ1v) is 5.85. The van der Waals surface area contributed by atoms with Crippen LogP contribution in [0.15, 0.2) is 0 Å². The molecule has 2 atom stereocenters. The number of carboxylic acid groups (broad SMARTS) is 1. The number of amides is 2. The van der Waals surface area contributed by atoms with Crippen molar-refractivity contribution in [1.82, 2.24) is 10.2 Å². The van der Waals surface area contributed by atoms with E-state index in [1.165, 1.54) is 4.90 Å². The quantitative estimate of drug-likeness (QED) is 0.712. The smallest absolute Gasteiger partial charge is 0.326 e. The lowest BCUT2D eigenvalue weighted by molar-refractivity contribution is -0.142. The van der Waals surface area contributed by atoms with Gasteiger partial charge in [0.15, 0.2) is 0 Å². The molecule has 2 amide bonds. The summed E-state index contributed by atoms with van der Waals surface area (Å²) in [5.74, 6) is -0.870. The van der Waals surface area contributed by atoms with E-state index in [9.17, 15) is 9.59 Å². The summed E-state index contributed by atoms with van der Waals surface area (Å²) in [4.78, 5) is 24.2. The molecule has 2 unspecified atom stereocenters. The van der Waals surface area contributed by atoms with Crippen LogP contribution in [0.5, 0.6) is 0 Å². The zero-order valence-corrected chi connectivity index (χ0v) is 9.90. The molecule has 1 fully saturated rings. The minimum absolute atomic E-state index is 0.0365. The van der Waals surface area contributed by atoms with Crippen molar-refractivity contribution in [2.45, 2.75) is 39.2 Å². The van der Waals surface area contributed by atoms with Crippen LogP contribution in [0.3, 0.4) is 0 Å². The lowest BCUT2D eigenvalue weighted by Gasteiger charge is -2.23. The highest BCUT2D eigenvalue weighted by molar-refractivity contribution is 5.83. The molecule has 5 heteroatoms. The van der Waals surface area contributed by atoms with Crippen molar-refractivity contribution in [3.8, 4) is 0 Å². The average Bonchev–Trinajstić information content (AvgIpc) is 2.60. The van der Waals surface area contributed by atoms with E-state index in [0.29, 0.717) is 13.1 Å². The summed E-state index contributed by atoms with van der Waals surface area (Å²) in [6.45, 7) is 5.07. The number of carboxylic acids is 1. The molecule has 0 bridgehead atoms. The van der Waals surface area contributed by atoms with Crippen molar-refractivity contribution < 1.29 is 14.7 Å². The van der Waals surface area contributed by atoms with Crippen molar-refractivity contribution in [1.29, 1.82) is 0 Å². The fourth-order valence-electron chi connectivity index (χ4n) is 2.03. The van der Waals surface area contributed by atoms with Crippen LogP contribution in [-0.2, 0) is 4.79 Å². The molecule has 0 aromatic heterocycles. The predicted octanol–water partition coefficient (Wildman–Crippen LogP) is 1.29. The van der Waals surface area contributed by atoms with Crippen molar-refractivity contribution in [3.05, 3.63) is 0 Å². The molecule has 1 aliphatic heterocycles. The Morgan fingerprint density at radius 1 is 1.50 bits per heavy atom. The van der Waals surface area contributed by atoms with E-state index in [1.54, 1.807) is 0 Å². The second-order valence-electron chi connectivity index (χ2n) is 4.33. The molecule has 0 aromatic rings. The molecule has 1 heterocycles. The topological polar surface area (TPSA) is 69.6 Å². The maximum atomic E-state index is 11.7. The maximum absolute atomic E-state index is 11.7. The summed E-state index contributed by atoms with van der Waals surface area (Å²) in [5, 5.41) is 11.8. The lowest BCUT2D eigenvalue weighted by atomic mass is 10.0. The number of carbonyl (C=O) groups is 2. The van der Waals surface area contributed by atoms with E-state index < -0.39 is 12.0 Å². The number of unbranched alkanes of at least 4 members (excludes halogenated alkanes) is 1. The summed E-state index contributed by atoms with van der Waals surface area (Å²) in [5.41, 5.74) is 0. The molecule has 92 valence electrons. The zero-order valence-electron chi connectivity index (χ0n) is 9.90. The van der Waals surface area contributed by atoms with Crippen molar-refractivity contribution in [3.63, 3.8) is 0 Å².